The summed E-state index contributed by atoms with van der Waals surface area (Å²) in [4.78, 5) is 11.7. The number of rotatable bonds is 5. The molecule has 0 radical (unpaired) electrons. The molecule has 0 fully saturated rings. The maximum Gasteiger partial charge on any atom is 0.358 e. The number of aromatic nitrogens is 2. The number of nitrogens with zero attached hydrogens (tertiary/aromatic N) is 2. The molecule has 0 aliphatic heterocycles. The molecule has 20 heavy (non-hydrogen) atoms. The maximum absolute atomic E-state index is 11.7. The van der Waals surface area contributed by atoms with Crippen LogP contribution in [0.2, 0.25) is 0 Å². The lowest BCUT2D eigenvalue weighted by Crippen LogP contribution is -2.07. The van der Waals surface area contributed by atoms with Crippen LogP contribution in [0.5, 0.6) is 5.75 Å². The fourth-order valence-electron chi connectivity index (χ4n) is 1.96. The first-order valence-corrected chi connectivity index (χ1v) is 6.59. The average Bonchev–Trinajstić information content (AvgIpc) is 2.92. The third-order valence-corrected chi connectivity index (χ3v) is 2.95. The van der Waals surface area contributed by atoms with E-state index in [1.54, 1.807) is 24.8 Å². The number of hydrogen-bond donors (Lipinski definition) is 0. The van der Waals surface area contributed by atoms with Crippen LogP contribution in [0.3, 0.4) is 0 Å². The van der Waals surface area contributed by atoms with E-state index in [0.717, 1.165) is 17.0 Å². The number of benzene rings is 1. The lowest BCUT2D eigenvalue weighted by atomic mass is 10.1. The third-order valence-electron chi connectivity index (χ3n) is 2.95. The number of esters is 1. The van der Waals surface area contributed by atoms with Crippen molar-refractivity contribution in [3.63, 3.8) is 0 Å². The Morgan fingerprint density at radius 2 is 1.95 bits per heavy atom. The Hall–Kier alpha value is -2.30. The number of carbonyl (C=O) groups excluding carboxylic acids is 1. The Balaban J connectivity index is 2.36. The molecule has 0 saturated heterocycles. The molecule has 1 heterocycles. The van der Waals surface area contributed by atoms with E-state index in [1.807, 2.05) is 31.2 Å². The molecule has 0 unspecified atom stereocenters. The number of ether oxygens (including phenoxy) is 2. The summed E-state index contributed by atoms with van der Waals surface area (Å²) >= 11 is 0. The monoisotopic (exact) mass is 274 g/mol. The fraction of sp³-hybridized carbons (Fsp3) is 0.333. The third kappa shape index (κ3) is 2.82. The van der Waals surface area contributed by atoms with Gasteiger partial charge >= 0.3 is 5.97 Å². The van der Waals surface area contributed by atoms with Crippen molar-refractivity contribution >= 4 is 5.97 Å². The summed E-state index contributed by atoms with van der Waals surface area (Å²) in [6, 6.07) is 9.40. The maximum atomic E-state index is 11.7. The van der Waals surface area contributed by atoms with E-state index in [0.29, 0.717) is 18.8 Å². The molecule has 5 nitrogen and oxygen atoms in total. The van der Waals surface area contributed by atoms with Gasteiger partial charge in [0.05, 0.1) is 19.4 Å². The van der Waals surface area contributed by atoms with Gasteiger partial charge < -0.3 is 9.47 Å². The summed E-state index contributed by atoms with van der Waals surface area (Å²) < 4.78 is 11.9. The van der Waals surface area contributed by atoms with Gasteiger partial charge in [0.25, 0.3) is 0 Å². The summed E-state index contributed by atoms with van der Waals surface area (Å²) in [6.07, 6.45) is 0. The SMILES string of the molecule is CCOC(=O)c1cc(-c2ccc(OC)cc2)n(CC)n1. The average molecular weight is 274 g/mol. The topological polar surface area (TPSA) is 53.4 Å². The van der Waals surface area contributed by atoms with Crippen LogP contribution in [0, 0.1) is 0 Å². The van der Waals surface area contributed by atoms with Crippen LogP contribution in [0.1, 0.15) is 24.3 Å². The zero-order chi connectivity index (χ0) is 14.5. The van der Waals surface area contributed by atoms with Crippen LogP contribution in [0.15, 0.2) is 30.3 Å². The predicted octanol–water partition coefficient (Wildman–Crippen LogP) is 2.76. The zero-order valence-electron chi connectivity index (χ0n) is 11.9. The smallest absolute Gasteiger partial charge is 0.358 e. The van der Waals surface area contributed by atoms with Crippen molar-refractivity contribution < 1.29 is 14.3 Å². The van der Waals surface area contributed by atoms with Crippen molar-refractivity contribution in [3.8, 4) is 17.0 Å². The van der Waals surface area contributed by atoms with Gasteiger partial charge in [0, 0.05) is 12.1 Å². The second-order valence-corrected chi connectivity index (χ2v) is 4.18. The Labute approximate surface area is 118 Å². The first-order chi connectivity index (χ1) is 9.69. The molecule has 106 valence electrons. The first-order valence-electron chi connectivity index (χ1n) is 6.59. The molecule has 0 aliphatic rings. The molecule has 2 rings (SSSR count). The van der Waals surface area contributed by atoms with Crippen LogP contribution >= 0.6 is 0 Å². The van der Waals surface area contributed by atoms with Gasteiger partial charge in [-0.05, 0) is 44.2 Å². The summed E-state index contributed by atoms with van der Waals surface area (Å²) in [6.45, 7) is 4.78. The molecule has 0 spiro atoms. The van der Waals surface area contributed by atoms with Gasteiger partial charge in [-0.2, -0.15) is 5.10 Å². The summed E-state index contributed by atoms with van der Waals surface area (Å²) in [5.74, 6) is 0.399. The number of hydrogen-bond acceptors (Lipinski definition) is 4. The van der Waals surface area contributed by atoms with E-state index in [2.05, 4.69) is 5.10 Å². The predicted molar refractivity (Wildman–Crippen MR) is 75.8 cm³/mol. The van der Waals surface area contributed by atoms with Gasteiger partial charge in [-0.3, -0.25) is 4.68 Å². The van der Waals surface area contributed by atoms with Crippen LogP contribution in [0.25, 0.3) is 11.3 Å². The lowest BCUT2D eigenvalue weighted by molar-refractivity contribution is 0.0518. The highest BCUT2D eigenvalue weighted by Gasteiger charge is 2.15. The summed E-state index contributed by atoms with van der Waals surface area (Å²) in [5, 5.41) is 4.28. The van der Waals surface area contributed by atoms with E-state index in [4.69, 9.17) is 9.47 Å². The normalized spacial score (nSPS) is 10.3. The van der Waals surface area contributed by atoms with Gasteiger partial charge in [-0.25, -0.2) is 4.79 Å². The van der Waals surface area contributed by atoms with Gasteiger partial charge in [0.2, 0.25) is 0 Å². The van der Waals surface area contributed by atoms with Gasteiger partial charge in [-0.15, -0.1) is 0 Å². The highest BCUT2D eigenvalue weighted by molar-refractivity contribution is 5.88. The van der Waals surface area contributed by atoms with Gasteiger partial charge in [0.1, 0.15) is 5.75 Å². The minimum absolute atomic E-state index is 0.333. The molecule has 0 N–H and O–H groups in total. The first kappa shape index (κ1) is 14.1. The minimum atomic E-state index is -0.394. The fourth-order valence-corrected chi connectivity index (χ4v) is 1.96. The molecular formula is C15H18N2O3. The van der Waals surface area contributed by atoms with Crippen molar-refractivity contribution in [1.29, 1.82) is 0 Å². The highest BCUT2D eigenvalue weighted by atomic mass is 16.5. The Morgan fingerprint density at radius 3 is 2.50 bits per heavy atom. The molecule has 0 bridgehead atoms. The second-order valence-electron chi connectivity index (χ2n) is 4.18. The van der Waals surface area contributed by atoms with E-state index in [-0.39, 0.29) is 0 Å². The Bertz CT molecular complexity index is 588. The molecule has 1 aromatic heterocycles. The molecule has 0 aliphatic carbocycles. The van der Waals surface area contributed by atoms with Crippen molar-refractivity contribution in [3.05, 3.63) is 36.0 Å². The van der Waals surface area contributed by atoms with Gasteiger partial charge in [0.15, 0.2) is 5.69 Å². The van der Waals surface area contributed by atoms with Crippen LogP contribution in [0.4, 0.5) is 0 Å². The largest absolute Gasteiger partial charge is 0.497 e. The van der Waals surface area contributed by atoms with E-state index in [1.165, 1.54) is 0 Å². The molecular weight excluding hydrogens is 256 g/mol. The molecule has 5 heteroatoms. The second kappa shape index (κ2) is 6.23. The standard InChI is InChI=1S/C15H18N2O3/c1-4-17-14(10-13(16-17)15(18)20-5-2)11-6-8-12(19-3)9-7-11/h6-10H,4-5H2,1-3H3. The zero-order valence-corrected chi connectivity index (χ0v) is 11.9. The van der Waals surface area contributed by atoms with Crippen molar-refractivity contribution in [2.75, 3.05) is 13.7 Å². The van der Waals surface area contributed by atoms with E-state index < -0.39 is 5.97 Å². The van der Waals surface area contributed by atoms with Crippen molar-refractivity contribution in [2.45, 2.75) is 20.4 Å². The van der Waals surface area contributed by atoms with Gasteiger partial charge in [-0.1, -0.05) is 0 Å². The van der Waals surface area contributed by atoms with E-state index in [9.17, 15) is 4.79 Å². The molecule has 0 saturated carbocycles. The van der Waals surface area contributed by atoms with Crippen LogP contribution in [-0.4, -0.2) is 29.5 Å². The summed E-state index contributed by atoms with van der Waals surface area (Å²) in [5.41, 5.74) is 2.20. The molecule has 0 amide bonds. The lowest BCUT2D eigenvalue weighted by Gasteiger charge is -2.05. The van der Waals surface area contributed by atoms with Crippen molar-refractivity contribution in [1.82, 2.24) is 9.78 Å². The van der Waals surface area contributed by atoms with Crippen LogP contribution in [-0.2, 0) is 11.3 Å². The van der Waals surface area contributed by atoms with E-state index >= 15 is 0 Å². The minimum Gasteiger partial charge on any atom is -0.497 e. The number of methoxy groups -OCH3 is 1. The molecule has 2 aromatic rings. The highest BCUT2D eigenvalue weighted by Crippen LogP contribution is 2.23. The number of aryl methyl sites for hydroxylation is 1. The van der Waals surface area contributed by atoms with Crippen molar-refractivity contribution in [2.24, 2.45) is 0 Å². The van der Waals surface area contributed by atoms with Crippen LogP contribution < -0.4 is 4.74 Å². The molecule has 0 atom stereocenters. The summed E-state index contributed by atoms with van der Waals surface area (Å²) in [7, 11) is 1.63. The number of carbonyl (C=O) groups is 1. The molecule has 1 aromatic carbocycles. The Kier molecular flexibility index (Phi) is 4.40. The Morgan fingerprint density at radius 1 is 1.25 bits per heavy atom. The quantitative estimate of drug-likeness (QED) is 0.787.